The Hall–Kier alpha value is -1.67. The van der Waals surface area contributed by atoms with Gasteiger partial charge in [0.1, 0.15) is 12.1 Å². The van der Waals surface area contributed by atoms with Crippen molar-refractivity contribution in [1.82, 2.24) is 4.90 Å². The van der Waals surface area contributed by atoms with Crippen LogP contribution in [0.3, 0.4) is 0 Å². The SMILES string of the molecule is CCSc1cccc(NC(C)C(=O)N2CCCC2)c1C#N. The highest BCUT2D eigenvalue weighted by Crippen LogP contribution is 2.28. The van der Waals surface area contributed by atoms with E-state index in [9.17, 15) is 10.1 Å². The van der Waals surface area contributed by atoms with Gasteiger partial charge in [0.15, 0.2) is 0 Å². The predicted octanol–water partition coefficient (Wildman–Crippen LogP) is 3.09. The summed E-state index contributed by atoms with van der Waals surface area (Å²) in [7, 11) is 0. The molecule has 1 atom stereocenters. The Labute approximate surface area is 130 Å². The van der Waals surface area contributed by atoms with Gasteiger partial charge in [-0.2, -0.15) is 5.26 Å². The zero-order chi connectivity index (χ0) is 15.2. The molecule has 1 N–H and O–H groups in total. The van der Waals surface area contributed by atoms with Gasteiger partial charge in [-0.05, 0) is 37.7 Å². The summed E-state index contributed by atoms with van der Waals surface area (Å²) in [5, 5.41) is 12.6. The van der Waals surface area contributed by atoms with E-state index in [1.165, 1.54) is 0 Å². The summed E-state index contributed by atoms with van der Waals surface area (Å²) in [5.41, 5.74) is 1.38. The van der Waals surface area contributed by atoms with Gasteiger partial charge in [-0.15, -0.1) is 11.8 Å². The number of hydrogen-bond acceptors (Lipinski definition) is 4. The molecule has 112 valence electrons. The monoisotopic (exact) mass is 303 g/mol. The normalized spacial score (nSPS) is 15.6. The number of anilines is 1. The lowest BCUT2D eigenvalue weighted by atomic mass is 10.1. The Kier molecular flexibility index (Phi) is 5.51. The van der Waals surface area contributed by atoms with Gasteiger partial charge in [-0.25, -0.2) is 0 Å². The minimum Gasteiger partial charge on any atom is -0.373 e. The van der Waals surface area contributed by atoms with Crippen molar-refractivity contribution in [2.45, 2.75) is 37.6 Å². The van der Waals surface area contributed by atoms with E-state index in [1.807, 2.05) is 30.0 Å². The third-order valence-corrected chi connectivity index (χ3v) is 4.54. The molecule has 0 aliphatic carbocycles. The van der Waals surface area contributed by atoms with Crippen molar-refractivity contribution in [3.63, 3.8) is 0 Å². The third-order valence-electron chi connectivity index (χ3n) is 3.60. The molecule has 4 nitrogen and oxygen atoms in total. The number of amides is 1. The molecule has 1 aromatic carbocycles. The van der Waals surface area contributed by atoms with Crippen LogP contribution in [0, 0.1) is 11.3 Å². The molecule has 1 aromatic rings. The number of carbonyl (C=O) groups excluding carboxylic acids is 1. The van der Waals surface area contributed by atoms with Gasteiger partial charge in [0, 0.05) is 18.0 Å². The average Bonchev–Trinajstić information content (AvgIpc) is 3.01. The van der Waals surface area contributed by atoms with Crippen LogP contribution < -0.4 is 5.32 Å². The lowest BCUT2D eigenvalue weighted by molar-refractivity contribution is -0.130. The summed E-state index contributed by atoms with van der Waals surface area (Å²) in [6.45, 7) is 5.62. The quantitative estimate of drug-likeness (QED) is 0.849. The van der Waals surface area contributed by atoms with E-state index in [1.54, 1.807) is 11.8 Å². The second-order valence-corrected chi connectivity index (χ2v) is 6.43. The van der Waals surface area contributed by atoms with Gasteiger partial charge in [0.2, 0.25) is 5.91 Å². The molecule has 21 heavy (non-hydrogen) atoms. The van der Waals surface area contributed by atoms with Crippen LogP contribution in [-0.4, -0.2) is 35.7 Å². The maximum atomic E-state index is 12.3. The summed E-state index contributed by atoms with van der Waals surface area (Å²) < 4.78 is 0. The van der Waals surface area contributed by atoms with E-state index in [4.69, 9.17) is 0 Å². The fourth-order valence-corrected chi connectivity index (χ4v) is 3.33. The molecule has 0 bridgehead atoms. The Morgan fingerprint density at radius 3 is 2.81 bits per heavy atom. The van der Waals surface area contributed by atoms with Gasteiger partial charge >= 0.3 is 0 Å². The van der Waals surface area contributed by atoms with Crippen LogP contribution in [-0.2, 0) is 4.79 Å². The summed E-state index contributed by atoms with van der Waals surface area (Å²) in [6, 6.07) is 7.69. The Morgan fingerprint density at radius 1 is 1.48 bits per heavy atom. The lowest BCUT2D eigenvalue weighted by Gasteiger charge is -2.22. The molecule has 1 aliphatic rings. The van der Waals surface area contributed by atoms with Crippen LogP contribution in [0.15, 0.2) is 23.1 Å². The van der Waals surface area contributed by atoms with Gasteiger partial charge in [-0.1, -0.05) is 13.0 Å². The van der Waals surface area contributed by atoms with E-state index < -0.39 is 0 Å². The average molecular weight is 303 g/mol. The van der Waals surface area contributed by atoms with Crippen molar-refractivity contribution < 1.29 is 4.79 Å². The van der Waals surface area contributed by atoms with E-state index in [-0.39, 0.29) is 11.9 Å². The number of carbonyl (C=O) groups is 1. The fraction of sp³-hybridized carbons (Fsp3) is 0.500. The first-order valence-electron chi connectivity index (χ1n) is 7.38. The van der Waals surface area contributed by atoms with Crippen LogP contribution in [0.25, 0.3) is 0 Å². The first kappa shape index (κ1) is 15.7. The molecular formula is C16H21N3OS. The molecule has 0 aromatic heterocycles. The molecule has 2 rings (SSSR count). The standard InChI is InChI=1S/C16H21N3OS/c1-3-21-15-8-6-7-14(13(15)11-17)18-12(2)16(20)19-9-4-5-10-19/h6-8,12,18H,3-5,9-10H2,1-2H3. The van der Waals surface area contributed by atoms with Crippen molar-refractivity contribution in [2.24, 2.45) is 0 Å². The number of nitrogens with one attached hydrogen (secondary N) is 1. The molecule has 5 heteroatoms. The van der Waals surface area contributed by atoms with Gasteiger partial charge in [0.25, 0.3) is 0 Å². The minimum absolute atomic E-state index is 0.116. The molecule has 1 heterocycles. The van der Waals surface area contributed by atoms with Crippen molar-refractivity contribution in [3.8, 4) is 6.07 Å². The van der Waals surface area contributed by atoms with Gasteiger partial charge in [0.05, 0.1) is 11.3 Å². The third kappa shape index (κ3) is 3.70. The molecule has 1 unspecified atom stereocenters. The maximum absolute atomic E-state index is 12.3. The van der Waals surface area contributed by atoms with Crippen LogP contribution in [0.4, 0.5) is 5.69 Å². The van der Waals surface area contributed by atoms with E-state index >= 15 is 0 Å². The first-order chi connectivity index (χ1) is 10.2. The van der Waals surface area contributed by atoms with E-state index in [0.717, 1.165) is 42.3 Å². The highest BCUT2D eigenvalue weighted by Gasteiger charge is 2.23. The predicted molar refractivity (Wildman–Crippen MR) is 86.5 cm³/mol. The van der Waals surface area contributed by atoms with E-state index in [2.05, 4.69) is 18.3 Å². The van der Waals surface area contributed by atoms with Crippen LogP contribution in [0.2, 0.25) is 0 Å². The number of likely N-dealkylation sites (tertiary alicyclic amines) is 1. The summed E-state index contributed by atoms with van der Waals surface area (Å²) in [5.74, 6) is 1.03. The molecule has 1 saturated heterocycles. The zero-order valence-electron chi connectivity index (χ0n) is 12.6. The Balaban J connectivity index is 2.13. The van der Waals surface area contributed by atoms with E-state index in [0.29, 0.717) is 5.56 Å². The molecule has 0 spiro atoms. The van der Waals surface area contributed by atoms with Crippen molar-refractivity contribution >= 4 is 23.4 Å². The minimum atomic E-state index is -0.308. The molecule has 1 aliphatic heterocycles. The van der Waals surface area contributed by atoms with Gasteiger partial charge in [-0.3, -0.25) is 4.79 Å². The molecule has 1 amide bonds. The summed E-state index contributed by atoms with van der Waals surface area (Å²) in [6.07, 6.45) is 2.18. The van der Waals surface area contributed by atoms with Crippen LogP contribution in [0.1, 0.15) is 32.3 Å². The first-order valence-corrected chi connectivity index (χ1v) is 8.37. The van der Waals surface area contributed by atoms with Crippen LogP contribution >= 0.6 is 11.8 Å². The van der Waals surface area contributed by atoms with Gasteiger partial charge < -0.3 is 10.2 Å². The van der Waals surface area contributed by atoms with Crippen molar-refractivity contribution in [2.75, 3.05) is 24.2 Å². The molecular weight excluding hydrogens is 282 g/mol. The molecule has 0 radical (unpaired) electrons. The Morgan fingerprint density at radius 2 is 2.19 bits per heavy atom. The van der Waals surface area contributed by atoms with Crippen molar-refractivity contribution in [1.29, 1.82) is 5.26 Å². The number of hydrogen-bond donors (Lipinski definition) is 1. The van der Waals surface area contributed by atoms with Crippen LogP contribution in [0.5, 0.6) is 0 Å². The summed E-state index contributed by atoms with van der Waals surface area (Å²) >= 11 is 1.64. The molecule has 0 saturated carbocycles. The number of thioether (sulfide) groups is 1. The summed E-state index contributed by atoms with van der Waals surface area (Å²) in [4.78, 5) is 15.2. The second-order valence-electron chi connectivity index (χ2n) is 5.12. The number of benzene rings is 1. The lowest BCUT2D eigenvalue weighted by Crippen LogP contribution is -2.39. The Bertz CT molecular complexity index is 547. The highest BCUT2D eigenvalue weighted by molar-refractivity contribution is 7.99. The van der Waals surface area contributed by atoms with Crippen molar-refractivity contribution in [3.05, 3.63) is 23.8 Å². The molecule has 1 fully saturated rings. The smallest absolute Gasteiger partial charge is 0.244 e. The second kappa shape index (κ2) is 7.37. The zero-order valence-corrected chi connectivity index (χ0v) is 13.4. The largest absolute Gasteiger partial charge is 0.373 e. The number of nitrogens with zero attached hydrogens (tertiary/aromatic N) is 2. The maximum Gasteiger partial charge on any atom is 0.244 e. The fourth-order valence-electron chi connectivity index (χ4n) is 2.55. The number of nitriles is 1. The highest BCUT2D eigenvalue weighted by atomic mass is 32.2. The number of rotatable bonds is 5. The topological polar surface area (TPSA) is 56.1 Å².